The van der Waals surface area contributed by atoms with Crippen LogP contribution in [-0.4, -0.2) is 11.0 Å². The second-order valence-corrected chi connectivity index (χ2v) is 5.51. The lowest BCUT2D eigenvalue weighted by atomic mass is 10.0. The standard InChI is InChI=1S/C14H17FN2OS/c1-3-12(16)13(10-5-4-6-11(15)7-10)19-14-17-9(2)8-18-14/h4-8,12-13H,3,16H2,1-2H3. The molecule has 1 aromatic heterocycles. The van der Waals surface area contributed by atoms with Gasteiger partial charge in [0.25, 0.3) is 5.22 Å². The quantitative estimate of drug-likeness (QED) is 0.849. The smallest absolute Gasteiger partial charge is 0.256 e. The molecule has 0 bridgehead atoms. The van der Waals surface area contributed by atoms with Gasteiger partial charge in [-0.2, -0.15) is 0 Å². The van der Waals surface area contributed by atoms with Crippen molar-refractivity contribution >= 4 is 11.8 Å². The number of rotatable bonds is 5. The third-order valence-corrected chi connectivity index (χ3v) is 4.13. The molecular formula is C14H17FN2OS. The van der Waals surface area contributed by atoms with Crippen LogP contribution in [0.2, 0.25) is 0 Å². The summed E-state index contributed by atoms with van der Waals surface area (Å²) < 4.78 is 18.7. The van der Waals surface area contributed by atoms with Crippen LogP contribution in [0.3, 0.4) is 0 Å². The molecule has 0 aliphatic heterocycles. The Labute approximate surface area is 116 Å². The highest BCUT2D eigenvalue weighted by Gasteiger charge is 2.22. The van der Waals surface area contributed by atoms with E-state index >= 15 is 0 Å². The van der Waals surface area contributed by atoms with Gasteiger partial charge >= 0.3 is 0 Å². The van der Waals surface area contributed by atoms with Gasteiger partial charge in [-0.1, -0.05) is 30.8 Å². The predicted octanol–water partition coefficient (Wildman–Crippen LogP) is 3.69. The van der Waals surface area contributed by atoms with Crippen molar-refractivity contribution in [2.75, 3.05) is 0 Å². The summed E-state index contributed by atoms with van der Waals surface area (Å²) in [6, 6.07) is 6.44. The van der Waals surface area contributed by atoms with Crippen LogP contribution < -0.4 is 5.73 Å². The van der Waals surface area contributed by atoms with Crippen molar-refractivity contribution < 1.29 is 8.81 Å². The lowest BCUT2D eigenvalue weighted by molar-refractivity contribution is 0.451. The third-order valence-electron chi connectivity index (χ3n) is 2.86. The highest BCUT2D eigenvalue weighted by molar-refractivity contribution is 7.99. The first-order valence-electron chi connectivity index (χ1n) is 6.20. The molecule has 3 nitrogen and oxygen atoms in total. The Morgan fingerprint density at radius 1 is 1.47 bits per heavy atom. The van der Waals surface area contributed by atoms with Gasteiger partial charge in [-0.25, -0.2) is 9.37 Å². The first-order valence-corrected chi connectivity index (χ1v) is 7.08. The number of hydrogen-bond donors (Lipinski definition) is 1. The van der Waals surface area contributed by atoms with Gasteiger partial charge in [0.05, 0.1) is 10.9 Å². The number of halogens is 1. The van der Waals surface area contributed by atoms with E-state index in [4.69, 9.17) is 10.2 Å². The minimum absolute atomic E-state index is 0.0706. The second kappa shape index (κ2) is 6.21. The van der Waals surface area contributed by atoms with Crippen LogP contribution in [-0.2, 0) is 0 Å². The van der Waals surface area contributed by atoms with Crippen LogP contribution in [0.4, 0.5) is 4.39 Å². The fourth-order valence-electron chi connectivity index (χ4n) is 1.80. The Kier molecular flexibility index (Phi) is 4.61. The van der Waals surface area contributed by atoms with Crippen molar-refractivity contribution in [1.29, 1.82) is 0 Å². The Hall–Kier alpha value is -1.33. The highest BCUT2D eigenvalue weighted by Crippen LogP contribution is 2.37. The molecule has 2 atom stereocenters. The highest BCUT2D eigenvalue weighted by atomic mass is 32.2. The van der Waals surface area contributed by atoms with E-state index < -0.39 is 0 Å². The van der Waals surface area contributed by atoms with Crippen molar-refractivity contribution in [3.05, 3.63) is 47.6 Å². The molecule has 1 heterocycles. The van der Waals surface area contributed by atoms with E-state index in [1.165, 1.54) is 23.9 Å². The summed E-state index contributed by atoms with van der Waals surface area (Å²) in [6.07, 6.45) is 2.40. The molecule has 0 aliphatic carbocycles. The number of thioether (sulfide) groups is 1. The number of hydrogen-bond acceptors (Lipinski definition) is 4. The van der Waals surface area contributed by atoms with Crippen LogP contribution in [0.25, 0.3) is 0 Å². The summed E-state index contributed by atoms with van der Waals surface area (Å²) >= 11 is 1.43. The van der Waals surface area contributed by atoms with E-state index in [1.807, 2.05) is 19.9 Å². The van der Waals surface area contributed by atoms with E-state index in [-0.39, 0.29) is 17.1 Å². The molecule has 0 radical (unpaired) electrons. The SMILES string of the molecule is CCC(N)C(Sc1nc(C)co1)c1cccc(F)c1. The van der Waals surface area contributed by atoms with Crippen molar-refractivity contribution in [2.45, 2.75) is 36.8 Å². The number of benzene rings is 1. The molecular weight excluding hydrogens is 263 g/mol. The minimum Gasteiger partial charge on any atom is -0.440 e. The topological polar surface area (TPSA) is 52.0 Å². The average molecular weight is 280 g/mol. The Morgan fingerprint density at radius 2 is 2.26 bits per heavy atom. The maximum absolute atomic E-state index is 13.3. The Balaban J connectivity index is 2.25. The number of aryl methyl sites for hydroxylation is 1. The van der Waals surface area contributed by atoms with Crippen molar-refractivity contribution in [1.82, 2.24) is 4.98 Å². The van der Waals surface area contributed by atoms with Crippen molar-refractivity contribution in [3.8, 4) is 0 Å². The van der Waals surface area contributed by atoms with Crippen molar-refractivity contribution in [3.63, 3.8) is 0 Å². The zero-order valence-electron chi connectivity index (χ0n) is 11.0. The molecule has 5 heteroatoms. The molecule has 0 fully saturated rings. The summed E-state index contributed by atoms with van der Waals surface area (Å²) in [5.41, 5.74) is 7.82. The molecule has 2 aromatic rings. The zero-order chi connectivity index (χ0) is 13.8. The van der Waals surface area contributed by atoms with Crippen LogP contribution in [0, 0.1) is 12.7 Å². The first-order chi connectivity index (χ1) is 9.10. The molecule has 19 heavy (non-hydrogen) atoms. The summed E-state index contributed by atoms with van der Waals surface area (Å²) in [5.74, 6) is -0.255. The minimum atomic E-state index is -0.255. The van der Waals surface area contributed by atoms with E-state index in [0.717, 1.165) is 17.7 Å². The summed E-state index contributed by atoms with van der Waals surface area (Å²) in [4.78, 5) is 4.26. The van der Waals surface area contributed by atoms with Gasteiger partial charge in [-0.3, -0.25) is 0 Å². The third kappa shape index (κ3) is 3.58. The number of nitrogens with two attached hydrogens (primary N) is 1. The molecule has 2 rings (SSSR count). The zero-order valence-corrected chi connectivity index (χ0v) is 11.8. The van der Waals surface area contributed by atoms with Crippen LogP contribution in [0.1, 0.15) is 29.9 Å². The number of aromatic nitrogens is 1. The molecule has 2 N–H and O–H groups in total. The van der Waals surface area contributed by atoms with Crippen LogP contribution >= 0.6 is 11.8 Å². The number of oxazole rings is 1. The van der Waals surface area contributed by atoms with Gasteiger partial charge in [0.15, 0.2) is 0 Å². The second-order valence-electron chi connectivity index (χ2n) is 4.42. The maximum Gasteiger partial charge on any atom is 0.256 e. The van der Waals surface area contributed by atoms with Gasteiger partial charge in [-0.15, -0.1) is 0 Å². The Bertz CT molecular complexity index is 544. The molecule has 0 spiro atoms. The molecule has 0 saturated heterocycles. The maximum atomic E-state index is 13.3. The van der Waals surface area contributed by atoms with E-state index in [2.05, 4.69) is 4.98 Å². The van der Waals surface area contributed by atoms with E-state index in [0.29, 0.717) is 5.22 Å². The lowest BCUT2D eigenvalue weighted by Gasteiger charge is -2.21. The molecule has 0 aliphatic rings. The van der Waals surface area contributed by atoms with Crippen molar-refractivity contribution in [2.24, 2.45) is 5.73 Å². The summed E-state index contributed by atoms with van der Waals surface area (Å²) in [5, 5.41) is 0.495. The molecule has 0 saturated carbocycles. The van der Waals surface area contributed by atoms with Gasteiger partial charge in [0.1, 0.15) is 12.1 Å². The van der Waals surface area contributed by atoms with Gasteiger partial charge < -0.3 is 10.2 Å². The first kappa shape index (κ1) is 14.1. The normalized spacial score (nSPS) is 14.3. The lowest BCUT2D eigenvalue weighted by Crippen LogP contribution is -2.25. The summed E-state index contributed by atoms with van der Waals surface area (Å²) in [6.45, 7) is 3.88. The van der Waals surface area contributed by atoms with Crippen LogP contribution in [0.15, 0.2) is 40.2 Å². The monoisotopic (exact) mass is 280 g/mol. The average Bonchev–Trinajstić information content (AvgIpc) is 2.80. The van der Waals surface area contributed by atoms with Gasteiger partial charge in [0.2, 0.25) is 0 Å². The molecule has 0 amide bonds. The van der Waals surface area contributed by atoms with Gasteiger partial charge in [0, 0.05) is 6.04 Å². The fraction of sp³-hybridized carbons (Fsp3) is 0.357. The van der Waals surface area contributed by atoms with Gasteiger partial charge in [-0.05, 0) is 31.0 Å². The molecule has 2 unspecified atom stereocenters. The van der Waals surface area contributed by atoms with E-state index in [9.17, 15) is 4.39 Å². The predicted molar refractivity (Wildman–Crippen MR) is 74.5 cm³/mol. The van der Waals surface area contributed by atoms with Crippen LogP contribution in [0.5, 0.6) is 0 Å². The largest absolute Gasteiger partial charge is 0.440 e. The molecule has 102 valence electrons. The molecule has 1 aromatic carbocycles. The summed E-state index contributed by atoms with van der Waals surface area (Å²) in [7, 11) is 0. The number of nitrogens with zero attached hydrogens (tertiary/aromatic N) is 1. The van der Waals surface area contributed by atoms with E-state index in [1.54, 1.807) is 12.3 Å². The Morgan fingerprint density at radius 3 is 2.84 bits per heavy atom. The fourth-order valence-corrected chi connectivity index (χ4v) is 2.96.